The van der Waals surface area contributed by atoms with Crippen LogP contribution in [0.3, 0.4) is 0 Å². The molecule has 1 rings (SSSR count). The molecule has 1 amide bonds. The van der Waals surface area contributed by atoms with Gasteiger partial charge < -0.3 is 10.4 Å². The van der Waals surface area contributed by atoms with Gasteiger partial charge in [0.1, 0.15) is 0 Å². The van der Waals surface area contributed by atoms with E-state index in [1.807, 2.05) is 37.3 Å². The standard InChI is InChI=1S/C11H15NO2/c1-9(11(14)12-7-8-13)10-5-3-2-4-6-10/h2-6,9,13H,7-8H2,1H3,(H,12,14). The lowest BCUT2D eigenvalue weighted by atomic mass is 10.0. The molecule has 0 saturated carbocycles. The van der Waals surface area contributed by atoms with Crippen molar-refractivity contribution in [3.63, 3.8) is 0 Å². The monoisotopic (exact) mass is 193 g/mol. The average Bonchev–Trinajstić information content (AvgIpc) is 2.26. The van der Waals surface area contributed by atoms with E-state index in [1.54, 1.807) is 0 Å². The molecule has 1 aromatic rings. The van der Waals surface area contributed by atoms with Crippen LogP contribution in [0.1, 0.15) is 18.4 Å². The quantitative estimate of drug-likeness (QED) is 0.746. The maximum Gasteiger partial charge on any atom is 0.227 e. The van der Waals surface area contributed by atoms with Crippen molar-refractivity contribution in [1.29, 1.82) is 0 Å². The van der Waals surface area contributed by atoms with Crippen molar-refractivity contribution in [1.82, 2.24) is 5.32 Å². The highest BCUT2D eigenvalue weighted by Gasteiger charge is 2.13. The van der Waals surface area contributed by atoms with Crippen LogP contribution in [0.5, 0.6) is 0 Å². The van der Waals surface area contributed by atoms with E-state index in [9.17, 15) is 4.79 Å². The van der Waals surface area contributed by atoms with Crippen molar-refractivity contribution < 1.29 is 9.90 Å². The third-order valence-electron chi connectivity index (χ3n) is 2.10. The fourth-order valence-corrected chi connectivity index (χ4v) is 1.23. The largest absolute Gasteiger partial charge is 0.395 e. The van der Waals surface area contributed by atoms with Gasteiger partial charge in [-0.05, 0) is 12.5 Å². The summed E-state index contributed by atoms with van der Waals surface area (Å²) >= 11 is 0. The zero-order chi connectivity index (χ0) is 10.4. The summed E-state index contributed by atoms with van der Waals surface area (Å²) < 4.78 is 0. The Morgan fingerprint density at radius 2 is 2.07 bits per heavy atom. The number of carbonyl (C=O) groups is 1. The van der Waals surface area contributed by atoms with Crippen LogP contribution in [0.15, 0.2) is 30.3 Å². The van der Waals surface area contributed by atoms with Gasteiger partial charge in [-0.1, -0.05) is 30.3 Å². The number of hydrogen-bond donors (Lipinski definition) is 2. The van der Waals surface area contributed by atoms with E-state index in [0.29, 0.717) is 6.54 Å². The molecule has 0 aliphatic rings. The highest BCUT2D eigenvalue weighted by molar-refractivity contribution is 5.83. The van der Waals surface area contributed by atoms with Crippen molar-refractivity contribution >= 4 is 5.91 Å². The molecule has 1 aromatic carbocycles. The minimum Gasteiger partial charge on any atom is -0.395 e. The molecule has 0 aliphatic heterocycles. The molecule has 0 aliphatic carbocycles. The summed E-state index contributed by atoms with van der Waals surface area (Å²) in [6.07, 6.45) is 0. The number of benzene rings is 1. The Kier molecular flexibility index (Phi) is 4.13. The molecular weight excluding hydrogens is 178 g/mol. The third-order valence-corrected chi connectivity index (χ3v) is 2.10. The van der Waals surface area contributed by atoms with Gasteiger partial charge >= 0.3 is 0 Å². The first-order chi connectivity index (χ1) is 6.75. The molecule has 76 valence electrons. The predicted molar refractivity (Wildman–Crippen MR) is 55.0 cm³/mol. The summed E-state index contributed by atoms with van der Waals surface area (Å²) in [7, 11) is 0. The van der Waals surface area contributed by atoms with E-state index in [-0.39, 0.29) is 18.4 Å². The van der Waals surface area contributed by atoms with Crippen molar-refractivity contribution in [2.24, 2.45) is 0 Å². The number of aliphatic hydroxyl groups excluding tert-OH is 1. The maximum absolute atomic E-state index is 11.5. The molecule has 1 atom stereocenters. The van der Waals surface area contributed by atoms with E-state index >= 15 is 0 Å². The van der Waals surface area contributed by atoms with Crippen LogP contribution in [-0.2, 0) is 4.79 Å². The fourth-order valence-electron chi connectivity index (χ4n) is 1.23. The first-order valence-electron chi connectivity index (χ1n) is 4.69. The highest BCUT2D eigenvalue weighted by Crippen LogP contribution is 2.13. The molecule has 0 spiro atoms. The van der Waals surface area contributed by atoms with Crippen LogP contribution in [0.2, 0.25) is 0 Å². The van der Waals surface area contributed by atoms with Gasteiger partial charge in [0, 0.05) is 6.54 Å². The molecule has 3 nitrogen and oxygen atoms in total. The van der Waals surface area contributed by atoms with Gasteiger partial charge in [0.15, 0.2) is 0 Å². The predicted octanol–water partition coefficient (Wildman–Crippen LogP) is 0.899. The van der Waals surface area contributed by atoms with Crippen LogP contribution in [-0.4, -0.2) is 24.2 Å². The summed E-state index contributed by atoms with van der Waals surface area (Å²) in [5, 5.41) is 11.2. The molecule has 0 fully saturated rings. The second-order valence-corrected chi connectivity index (χ2v) is 3.15. The highest BCUT2D eigenvalue weighted by atomic mass is 16.3. The smallest absolute Gasteiger partial charge is 0.227 e. The molecule has 0 aromatic heterocycles. The summed E-state index contributed by atoms with van der Waals surface area (Å²) in [6.45, 7) is 2.14. The lowest BCUT2D eigenvalue weighted by Gasteiger charge is -2.11. The molecule has 3 heteroatoms. The Bertz CT molecular complexity index is 285. The lowest BCUT2D eigenvalue weighted by molar-refractivity contribution is -0.122. The Balaban J connectivity index is 2.57. The van der Waals surface area contributed by atoms with Crippen LogP contribution in [0.4, 0.5) is 0 Å². The Labute approximate surface area is 83.8 Å². The van der Waals surface area contributed by atoms with Gasteiger partial charge in [-0.3, -0.25) is 4.79 Å². The van der Waals surface area contributed by atoms with Crippen LogP contribution in [0.25, 0.3) is 0 Å². The topological polar surface area (TPSA) is 49.3 Å². The molecule has 1 unspecified atom stereocenters. The summed E-state index contributed by atoms with van der Waals surface area (Å²) in [4.78, 5) is 11.5. The number of aliphatic hydroxyl groups is 1. The van der Waals surface area contributed by atoms with Gasteiger partial charge in [-0.2, -0.15) is 0 Å². The lowest BCUT2D eigenvalue weighted by Crippen LogP contribution is -2.30. The van der Waals surface area contributed by atoms with Crippen molar-refractivity contribution in [2.75, 3.05) is 13.2 Å². The maximum atomic E-state index is 11.5. The Morgan fingerprint density at radius 3 is 2.64 bits per heavy atom. The molecule has 0 bridgehead atoms. The van der Waals surface area contributed by atoms with Gasteiger partial charge in [0.25, 0.3) is 0 Å². The third kappa shape index (κ3) is 2.85. The number of hydrogen-bond acceptors (Lipinski definition) is 2. The van der Waals surface area contributed by atoms with Crippen molar-refractivity contribution in [3.05, 3.63) is 35.9 Å². The molecule has 2 N–H and O–H groups in total. The van der Waals surface area contributed by atoms with E-state index in [0.717, 1.165) is 5.56 Å². The Hall–Kier alpha value is -1.35. The fraction of sp³-hybridized carbons (Fsp3) is 0.364. The second kappa shape index (κ2) is 5.40. The normalized spacial score (nSPS) is 12.1. The molecule has 0 heterocycles. The van der Waals surface area contributed by atoms with E-state index in [1.165, 1.54) is 0 Å². The van der Waals surface area contributed by atoms with Crippen LogP contribution in [0, 0.1) is 0 Å². The summed E-state index contributed by atoms with van der Waals surface area (Å²) in [6, 6.07) is 9.57. The summed E-state index contributed by atoms with van der Waals surface area (Å²) in [5.74, 6) is -0.215. The van der Waals surface area contributed by atoms with E-state index in [2.05, 4.69) is 5.32 Å². The van der Waals surface area contributed by atoms with Crippen LogP contribution < -0.4 is 5.32 Å². The number of amides is 1. The van der Waals surface area contributed by atoms with E-state index < -0.39 is 0 Å². The van der Waals surface area contributed by atoms with Gasteiger partial charge in [-0.25, -0.2) is 0 Å². The molecular formula is C11H15NO2. The first-order valence-corrected chi connectivity index (χ1v) is 4.69. The first kappa shape index (κ1) is 10.7. The zero-order valence-corrected chi connectivity index (χ0v) is 8.23. The Morgan fingerprint density at radius 1 is 1.43 bits per heavy atom. The minimum absolute atomic E-state index is 0.0206. The molecule has 14 heavy (non-hydrogen) atoms. The van der Waals surface area contributed by atoms with Gasteiger partial charge in [0.2, 0.25) is 5.91 Å². The number of rotatable bonds is 4. The van der Waals surface area contributed by atoms with E-state index in [4.69, 9.17) is 5.11 Å². The van der Waals surface area contributed by atoms with Gasteiger partial charge in [0.05, 0.1) is 12.5 Å². The average molecular weight is 193 g/mol. The molecule has 0 saturated heterocycles. The van der Waals surface area contributed by atoms with Crippen molar-refractivity contribution in [3.8, 4) is 0 Å². The zero-order valence-electron chi connectivity index (χ0n) is 8.23. The SMILES string of the molecule is CC(C(=O)NCCO)c1ccccc1. The number of carbonyl (C=O) groups excluding carboxylic acids is 1. The molecule has 0 radical (unpaired) electrons. The van der Waals surface area contributed by atoms with Crippen LogP contribution >= 0.6 is 0 Å². The van der Waals surface area contributed by atoms with Crippen molar-refractivity contribution in [2.45, 2.75) is 12.8 Å². The minimum atomic E-state index is -0.164. The van der Waals surface area contributed by atoms with Gasteiger partial charge in [-0.15, -0.1) is 0 Å². The summed E-state index contributed by atoms with van der Waals surface area (Å²) in [5.41, 5.74) is 0.989. The number of nitrogens with one attached hydrogen (secondary N) is 1. The second-order valence-electron chi connectivity index (χ2n) is 3.15.